The maximum atomic E-state index is 9.29. The quantitative estimate of drug-likeness (QED) is 0.354. The van der Waals surface area contributed by atoms with E-state index in [0.29, 0.717) is 0 Å². The highest BCUT2D eigenvalue weighted by Gasteiger charge is 2.25. The van der Waals surface area contributed by atoms with Crippen LogP contribution in [-0.4, -0.2) is 37.6 Å². The van der Waals surface area contributed by atoms with Gasteiger partial charge in [0.05, 0.1) is 6.07 Å². The van der Waals surface area contributed by atoms with Crippen LogP contribution in [0.4, 0.5) is 17.3 Å². The highest BCUT2D eigenvalue weighted by molar-refractivity contribution is 6.12. The minimum Gasteiger partial charge on any atom is -0.761 e. The Labute approximate surface area is 155 Å². The summed E-state index contributed by atoms with van der Waals surface area (Å²) in [7, 11) is 0. The van der Waals surface area contributed by atoms with Crippen molar-refractivity contribution in [1.82, 2.24) is 19.9 Å². The fourth-order valence-corrected chi connectivity index (χ4v) is 2.72. The molecule has 12 heteroatoms. The molecule has 0 bridgehead atoms. The largest absolute Gasteiger partial charge is 0.761 e. The number of fused-ring (bicyclic) bond motifs is 6. The van der Waals surface area contributed by atoms with Gasteiger partial charge in [0.2, 0.25) is 0 Å². The Hall–Kier alpha value is -4.98. The number of nitriles is 3. The van der Waals surface area contributed by atoms with Crippen LogP contribution in [0.25, 0.3) is 27.5 Å². The molecule has 0 aliphatic carbocycles. The molecule has 1 atom stereocenters. The number of hydrogen-bond acceptors (Lipinski definition) is 11. The van der Waals surface area contributed by atoms with Gasteiger partial charge in [0.25, 0.3) is 0 Å². The number of nitrogens with zero attached hydrogens (tertiary/aromatic N) is 10. The highest BCUT2D eigenvalue weighted by atomic mass is 15.0. The second-order valence-corrected chi connectivity index (χ2v) is 5.50. The first kappa shape index (κ1) is 16.5. The molecule has 1 unspecified atom stereocenters. The number of anilines is 2. The van der Waals surface area contributed by atoms with E-state index in [4.69, 9.17) is 11.5 Å². The number of hydrogen-bond donors (Lipinski definition) is 2. The molecule has 0 amide bonds. The summed E-state index contributed by atoms with van der Waals surface area (Å²) < 4.78 is 0. The minimum absolute atomic E-state index is 0.0946. The van der Waals surface area contributed by atoms with Gasteiger partial charge in [-0.3, -0.25) is 4.99 Å². The summed E-state index contributed by atoms with van der Waals surface area (Å²) in [6.45, 7) is 0. The maximum Gasteiger partial charge on any atom is 0.189 e. The van der Waals surface area contributed by atoms with Crippen molar-refractivity contribution in [3.63, 3.8) is 0 Å². The van der Waals surface area contributed by atoms with Gasteiger partial charge in [0.15, 0.2) is 29.1 Å². The molecule has 12 nitrogen and oxygen atoms in total. The standard InChI is InChI=1S/C16H5N12/c17-1-5-6(2-18)24-10-9(23-5)11-14(28-15(21)7(3-19)25-11)12-13(10)27-16(22)8(4-20)26-12/h5H,(H2,21,28)(H2,22,27)/q-1. The lowest BCUT2D eigenvalue weighted by molar-refractivity contribution is 1.01. The number of nitrogen functional groups attached to an aromatic ring is 2. The summed E-state index contributed by atoms with van der Waals surface area (Å²) in [5.74, 6) is 1.52. The van der Waals surface area contributed by atoms with E-state index < -0.39 is 6.04 Å². The van der Waals surface area contributed by atoms with Crippen LogP contribution in [-0.2, 0) is 0 Å². The summed E-state index contributed by atoms with van der Waals surface area (Å²) in [6, 6.07) is 4.34. The third-order valence-electron chi connectivity index (χ3n) is 3.94. The summed E-state index contributed by atoms with van der Waals surface area (Å²) >= 11 is 0. The van der Waals surface area contributed by atoms with Crippen LogP contribution in [0.1, 0.15) is 5.69 Å². The van der Waals surface area contributed by atoms with Gasteiger partial charge < -0.3 is 16.9 Å². The molecule has 4 N–H and O–H groups in total. The first-order valence-corrected chi connectivity index (χ1v) is 7.52. The van der Waals surface area contributed by atoms with Gasteiger partial charge in [-0.05, 0) is 0 Å². The number of nitrogens with two attached hydrogens (primary N) is 2. The van der Waals surface area contributed by atoms with Gasteiger partial charge in [-0.15, -0.1) is 0 Å². The van der Waals surface area contributed by atoms with E-state index in [-0.39, 0.29) is 61.5 Å². The lowest BCUT2D eigenvalue weighted by Gasteiger charge is -2.13. The molecule has 130 valence electrons. The van der Waals surface area contributed by atoms with Crippen LogP contribution >= 0.6 is 0 Å². The normalized spacial score (nSPS) is 14.8. The van der Waals surface area contributed by atoms with E-state index in [2.05, 4.69) is 29.9 Å². The van der Waals surface area contributed by atoms with Crippen LogP contribution in [0.3, 0.4) is 0 Å². The number of aromatic nitrogens is 4. The van der Waals surface area contributed by atoms with E-state index in [9.17, 15) is 21.2 Å². The van der Waals surface area contributed by atoms with Gasteiger partial charge >= 0.3 is 0 Å². The van der Waals surface area contributed by atoms with Crippen LogP contribution in [0, 0.1) is 34.0 Å². The Bertz CT molecular complexity index is 1520. The first-order valence-electron chi connectivity index (χ1n) is 7.52. The third-order valence-corrected chi connectivity index (χ3v) is 3.94. The molecule has 1 aromatic carbocycles. The van der Waals surface area contributed by atoms with E-state index in [1.54, 1.807) is 0 Å². The Balaban J connectivity index is 2.38. The predicted molar refractivity (Wildman–Crippen MR) is 96.5 cm³/mol. The Morgan fingerprint density at radius 1 is 0.857 bits per heavy atom. The summed E-state index contributed by atoms with van der Waals surface area (Å²) in [5.41, 5.74) is 11.8. The van der Waals surface area contributed by atoms with E-state index >= 15 is 0 Å². The molecular formula is C16H5N12-. The average molecular weight is 365 g/mol. The third kappa shape index (κ3) is 2.12. The van der Waals surface area contributed by atoms with Crippen LogP contribution in [0.5, 0.6) is 0 Å². The molecular weight excluding hydrogens is 360 g/mol. The number of benzene rings is 1. The van der Waals surface area contributed by atoms with Crippen molar-refractivity contribution >= 4 is 51.0 Å². The molecule has 0 spiro atoms. The molecule has 4 rings (SSSR count). The van der Waals surface area contributed by atoms with Gasteiger partial charge in [-0.1, -0.05) is 0 Å². The SMILES string of the molecule is N#CC1=Nc2c(c3nc(C#N)c(N)nc3c3nc(=C=[N-])c(N)nc23)=NC1C#N. The molecule has 0 saturated carbocycles. The summed E-state index contributed by atoms with van der Waals surface area (Å²) in [4.78, 5) is 25.1. The molecule has 0 fully saturated rings. The zero-order valence-corrected chi connectivity index (χ0v) is 13.7. The molecule has 0 radical (unpaired) electrons. The Morgan fingerprint density at radius 3 is 2.21 bits per heavy atom. The average Bonchev–Trinajstić information content (AvgIpc) is 2.72. The summed E-state index contributed by atoms with van der Waals surface area (Å²) in [5, 5.41) is 37.0. The Kier molecular flexibility index (Phi) is 3.40. The first-order chi connectivity index (χ1) is 13.5. The summed E-state index contributed by atoms with van der Waals surface area (Å²) in [6.07, 6.45) is 0. The monoisotopic (exact) mass is 365 g/mol. The second-order valence-electron chi connectivity index (χ2n) is 5.50. The molecule has 2 aromatic heterocycles. The van der Waals surface area contributed by atoms with E-state index in [0.717, 1.165) is 0 Å². The minimum atomic E-state index is -1.16. The van der Waals surface area contributed by atoms with Crippen LogP contribution in [0.15, 0.2) is 9.98 Å². The van der Waals surface area contributed by atoms with Crippen molar-refractivity contribution in [2.75, 3.05) is 11.5 Å². The number of rotatable bonds is 0. The smallest absolute Gasteiger partial charge is 0.189 e. The topological polar surface area (TPSA) is 222 Å². The lowest BCUT2D eigenvalue weighted by atomic mass is 10.1. The van der Waals surface area contributed by atoms with Crippen molar-refractivity contribution in [1.29, 1.82) is 15.8 Å². The fraction of sp³-hybridized carbons (Fsp3) is 0.0625. The molecule has 1 aliphatic heterocycles. The van der Waals surface area contributed by atoms with Crippen molar-refractivity contribution in [3.05, 3.63) is 21.8 Å². The van der Waals surface area contributed by atoms with Gasteiger partial charge in [-0.25, -0.2) is 30.8 Å². The zero-order valence-electron chi connectivity index (χ0n) is 13.7. The van der Waals surface area contributed by atoms with Crippen molar-refractivity contribution in [3.8, 4) is 18.2 Å². The zero-order chi connectivity index (χ0) is 20.0. The molecule has 3 aromatic rings. The van der Waals surface area contributed by atoms with Gasteiger partial charge in [0, 0.05) is 0 Å². The molecule has 28 heavy (non-hydrogen) atoms. The molecule has 1 aliphatic rings. The molecule has 0 saturated heterocycles. The second kappa shape index (κ2) is 5.78. The van der Waals surface area contributed by atoms with E-state index in [1.807, 2.05) is 24.1 Å². The van der Waals surface area contributed by atoms with E-state index in [1.165, 1.54) is 0 Å². The van der Waals surface area contributed by atoms with Crippen LogP contribution in [0.2, 0.25) is 0 Å². The lowest BCUT2D eigenvalue weighted by Crippen LogP contribution is -2.26. The highest BCUT2D eigenvalue weighted by Crippen LogP contribution is 2.28. The van der Waals surface area contributed by atoms with Gasteiger partial charge in [-0.2, -0.15) is 15.8 Å². The Morgan fingerprint density at radius 2 is 1.57 bits per heavy atom. The van der Waals surface area contributed by atoms with Crippen LogP contribution < -0.4 is 22.2 Å². The van der Waals surface area contributed by atoms with Crippen molar-refractivity contribution in [2.45, 2.75) is 6.04 Å². The maximum absolute atomic E-state index is 9.29. The number of aliphatic imine (C=N–C) groups is 1. The predicted octanol–water partition coefficient (Wildman–Crippen LogP) is -1.36. The van der Waals surface area contributed by atoms with Crippen molar-refractivity contribution in [2.24, 2.45) is 9.98 Å². The van der Waals surface area contributed by atoms with Crippen molar-refractivity contribution < 1.29 is 0 Å². The van der Waals surface area contributed by atoms with Gasteiger partial charge in [0.1, 0.15) is 50.6 Å². The molecule has 3 heterocycles. The fourth-order valence-electron chi connectivity index (χ4n) is 2.72.